The van der Waals surface area contributed by atoms with E-state index in [1.165, 1.54) is 16.8 Å². The Balaban J connectivity index is 0.963. The highest BCUT2D eigenvalue weighted by Crippen LogP contribution is 2.43. The normalized spacial score (nSPS) is 22.8. The Kier molecular flexibility index (Phi) is 10.7. The first-order valence-electron chi connectivity index (χ1n) is 23.4. The molecule has 12 rings (SSSR count). The lowest BCUT2D eigenvalue weighted by Gasteiger charge is -2.24. The number of allylic oxidation sites excluding steroid dienone is 11. The lowest BCUT2D eigenvalue weighted by molar-refractivity contribution is -0.671. The highest BCUT2D eigenvalue weighted by atomic mass is 16.8. The van der Waals surface area contributed by atoms with Crippen molar-refractivity contribution in [1.29, 1.82) is 0 Å². The Hall–Kier alpha value is -8.37. The molecule has 2 saturated heterocycles. The summed E-state index contributed by atoms with van der Waals surface area (Å²) in [5.41, 5.74) is 13.4. The molecule has 352 valence electrons. The molecule has 7 aliphatic rings. The quantitative estimate of drug-likeness (QED) is 0.172. The summed E-state index contributed by atoms with van der Waals surface area (Å²) in [5.74, 6) is -0.681. The average molecular weight is 944 g/mol. The van der Waals surface area contributed by atoms with Crippen LogP contribution in [0.2, 0.25) is 0 Å². The molecule has 4 atom stereocenters. The van der Waals surface area contributed by atoms with E-state index >= 15 is 0 Å². The molecule has 0 saturated carbocycles. The van der Waals surface area contributed by atoms with Crippen molar-refractivity contribution in [3.8, 4) is 11.6 Å². The van der Waals surface area contributed by atoms with Crippen LogP contribution in [0.15, 0.2) is 207 Å². The maximum atomic E-state index is 12.8. The summed E-state index contributed by atoms with van der Waals surface area (Å²) in [6.07, 6.45) is 27.8. The molecule has 7 aliphatic heterocycles. The number of aromatic hydroxyl groups is 1. The molecule has 0 radical (unpaired) electrons. The minimum Gasteiger partial charge on any atom is -0.493 e. The van der Waals surface area contributed by atoms with E-state index in [1.807, 2.05) is 110 Å². The standard InChI is InChI=1S/C56H47N9O6/c1-56(2)70-52-46(69-54(53(52)71-56)65-31-24-47(66)61-55(65)67)32-68-37-8-6-33(7-9-37)48-38-10-12-40(57-38)49(34-18-25-62(3)26-19-34)42-14-16-44(59-42)51(36-22-29-64(5)30-23-36)45-17-15-43(60-45)50(41-13-11-39(48)58-41)35-20-27-63(4)28-21-35/h6-31,46,52-54H,32H2,1-5H3/p+2/t46-,52-,53-,54-/m1/s1. The number of H-pyrrole nitrogens is 1. The zero-order chi connectivity index (χ0) is 48.5. The topological polar surface area (TPSA) is 156 Å². The largest absolute Gasteiger partial charge is 0.493 e. The highest BCUT2D eigenvalue weighted by molar-refractivity contribution is 6.36. The van der Waals surface area contributed by atoms with Crippen molar-refractivity contribution >= 4 is 33.9 Å². The zero-order valence-corrected chi connectivity index (χ0v) is 39.6. The van der Waals surface area contributed by atoms with Crippen molar-refractivity contribution in [2.45, 2.75) is 44.2 Å². The number of nitrogens with one attached hydrogen (secondary N) is 1. The van der Waals surface area contributed by atoms with Gasteiger partial charge in [-0.25, -0.2) is 28.9 Å². The fourth-order valence-corrected chi connectivity index (χ4v) is 9.86. The van der Waals surface area contributed by atoms with Gasteiger partial charge in [-0.05, 0) is 109 Å². The van der Waals surface area contributed by atoms with Gasteiger partial charge in [0, 0.05) is 89.7 Å². The second kappa shape index (κ2) is 17.2. The third-order valence-electron chi connectivity index (χ3n) is 13.3. The maximum absolute atomic E-state index is 12.8. The lowest BCUT2D eigenvalue weighted by atomic mass is 9.97. The molecule has 0 aliphatic carbocycles. The number of ether oxygens (including phenoxy) is 4. The minimum absolute atomic E-state index is 0.117. The summed E-state index contributed by atoms with van der Waals surface area (Å²) in [6, 6.07) is 21.9. The number of nitrogens with zero attached hydrogens (tertiary/aromatic N) is 8. The molecule has 8 bridgehead atoms. The third-order valence-corrected chi connectivity index (χ3v) is 13.3. The van der Waals surface area contributed by atoms with E-state index in [2.05, 4.69) is 95.0 Å². The van der Waals surface area contributed by atoms with E-state index in [-0.39, 0.29) is 12.5 Å². The molecule has 15 heteroatoms. The van der Waals surface area contributed by atoms with Crippen LogP contribution in [0.4, 0.5) is 0 Å². The van der Waals surface area contributed by atoms with Gasteiger partial charge in [0.2, 0.25) is 5.88 Å². The smallest absolute Gasteiger partial charge is 0.353 e. The zero-order valence-electron chi connectivity index (χ0n) is 39.6. The fourth-order valence-electron chi connectivity index (χ4n) is 9.86. The van der Waals surface area contributed by atoms with Gasteiger partial charge in [-0.1, -0.05) is 12.1 Å². The van der Waals surface area contributed by atoms with Crippen LogP contribution in [0.5, 0.6) is 11.6 Å². The van der Waals surface area contributed by atoms with Crippen molar-refractivity contribution in [1.82, 2.24) is 19.4 Å². The van der Waals surface area contributed by atoms with E-state index in [0.717, 1.165) is 90.2 Å². The first-order chi connectivity index (χ1) is 34.4. The van der Waals surface area contributed by atoms with Crippen LogP contribution >= 0.6 is 0 Å². The predicted octanol–water partition coefficient (Wildman–Crippen LogP) is 6.67. The molecular formula is C56H49N9O6+2. The summed E-state index contributed by atoms with van der Waals surface area (Å²) in [7, 11) is 6.02. The first-order valence-corrected chi connectivity index (χ1v) is 23.4. The second-order valence-electron chi connectivity index (χ2n) is 18.6. The van der Waals surface area contributed by atoms with Gasteiger partial charge in [0.25, 0.3) is 0 Å². The van der Waals surface area contributed by atoms with Crippen LogP contribution in [0, 0.1) is 0 Å². The van der Waals surface area contributed by atoms with Gasteiger partial charge in [0.05, 0.1) is 34.2 Å². The summed E-state index contributed by atoms with van der Waals surface area (Å²) < 4.78 is 30.6. The van der Waals surface area contributed by atoms with Crippen LogP contribution in [-0.2, 0) is 28.3 Å². The number of aromatic amines is 1. The molecule has 0 spiro atoms. The Morgan fingerprint density at radius 2 is 1.18 bits per heavy atom. The molecule has 2 N–H and O–H groups in total. The molecular weight excluding hydrogens is 895 g/mol. The van der Waals surface area contributed by atoms with E-state index < -0.39 is 36.0 Å². The van der Waals surface area contributed by atoms with E-state index in [9.17, 15) is 9.90 Å². The van der Waals surface area contributed by atoms with Gasteiger partial charge in [0.15, 0.2) is 36.8 Å². The molecule has 4 aromatic heterocycles. The average Bonchev–Trinajstić information content (AvgIpc) is 4.24. The lowest BCUT2D eigenvalue weighted by Crippen LogP contribution is -2.34. The second-order valence-corrected chi connectivity index (χ2v) is 18.6. The molecule has 0 unspecified atom stereocenters. The molecule has 11 heterocycles. The van der Waals surface area contributed by atoms with Gasteiger partial charge in [-0.2, -0.15) is 4.98 Å². The number of fused-ring (bicyclic) bond motifs is 6. The summed E-state index contributed by atoms with van der Waals surface area (Å²) in [6.45, 7) is 3.76. The van der Waals surface area contributed by atoms with Gasteiger partial charge >= 0.3 is 5.69 Å². The van der Waals surface area contributed by atoms with Gasteiger partial charge < -0.3 is 33.9 Å². The predicted molar refractivity (Wildman–Crippen MR) is 268 cm³/mol. The van der Waals surface area contributed by atoms with Gasteiger partial charge in [0.1, 0.15) is 44.8 Å². The van der Waals surface area contributed by atoms with E-state index in [1.54, 1.807) is 0 Å². The number of aryl methyl sites for hydroxylation is 2. The molecule has 0 amide bonds. The van der Waals surface area contributed by atoms with Crippen molar-refractivity contribution in [3.05, 3.63) is 226 Å². The molecule has 71 heavy (non-hydrogen) atoms. The minimum atomic E-state index is -0.913. The Morgan fingerprint density at radius 1 is 0.662 bits per heavy atom. The summed E-state index contributed by atoms with van der Waals surface area (Å²) >= 11 is 0. The number of benzene rings is 1. The van der Waals surface area contributed by atoms with Crippen LogP contribution in [0.25, 0.3) is 16.7 Å². The highest BCUT2D eigenvalue weighted by Gasteiger charge is 2.56. The van der Waals surface area contributed by atoms with Crippen molar-refractivity contribution in [2.24, 2.45) is 29.1 Å². The molecule has 15 nitrogen and oxygen atoms in total. The number of hydrogen-bond acceptors (Lipinski definition) is 11. The Labute approximate surface area is 409 Å². The number of aliphatic imine (C=N–C) groups is 3. The number of pyridine rings is 2. The monoisotopic (exact) mass is 943 g/mol. The summed E-state index contributed by atoms with van der Waals surface area (Å²) in [5, 5.41) is 9.81. The summed E-state index contributed by atoms with van der Waals surface area (Å²) in [4.78, 5) is 38.6. The van der Waals surface area contributed by atoms with Crippen molar-refractivity contribution < 1.29 is 33.2 Å². The van der Waals surface area contributed by atoms with Crippen LogP contribution in [0.1, 0.15) is 48.2 Å². The van der Waals surface area contributed by atoms with Gasteiger partial charge in [-0.15, -0.1) is 0 Å². The molecule has 5 aromatic rings. The maximum Gasteiger partial charge on any atom is 0.353 e. The van der Waals surface area contributed by atoms with Crippen LogP contribution in [-0.4, -0.2) is 79.4 Å². The number of aromatic nitrogens is 5. The molecule has 1 aromatic carbocycles. The van der Waals surface area contributed by atoms with Gasteiger partial charge in [-0.3, -0.25) is 4.57 Å². The fraction of sp³-hybridized carbons (Fsp3) is 0.196. The Bertz CT molecular complexity index is 3490. The Morgan fingerprint density at radius 3 is 1.76 bits per heavy atom. The van der Waals surface area contributed by atoms with Crippen LogP contribution < -0.4 is 19.6 Å². The van der Waals surface area contributed by atoms with Crippen LogP contribution in [0.3, 0.4) is 0 Å². The number of hydrogen-bond donors (Lipinski definition) is 2. The first kappa shape index (κ1) is 43.9. The number of rotatable bonds is 7. The van der Waals surface area contributed by atoms with Crippen molar-refractivity contribution in [3.63, 3.8) is 0 Å². The van der Waals surface area contributed by atoms with E-state index in [0.29, 0.717) is 5.75 Å². The third kappa shape index (κ3) is 8.18. The van der Waals surface area contributed by atoms with E-state index in [4.69, 9.17) is 33.9 Å². The molecule has 2 fully saturated rings. The van der Waals surface area contributed by atoms with Crippen molar-refractivity contribution in [2.75, 3.05) is 13.7 Å². The SMILES string of the molecule is CN1C=CC(=C2C3=NC(=C(c4cc[n+](C)cc4)C4=NC(=C(c5ccc(OC[C@H]6O[C@@H](n7ccc(O)nc7=O)[C@@H]7OC(C)(C)O[C@@H]76)cc5)c5ccc([nH]5)C(c5cc[n+](C)cc5)=C5C=CC2=N5)C=C4)C=C3)C=C1.